The predicted octanol–water partition coefficient (Wildman–Crippen LogP) is 2.26. The third kappa shape index (κ3) is 3.64. The molecule has 7 heteroatoms. The molecule has 1 rings (SSSR count). The summed E-state index contributed by atoms with van der Waals surface area (Å²) in [5.74, 6) is 1.89. The fraction of sp³-hybridized carbons (Fsp3) is 0.364. The molecule has 0 aliphatic carbocycles. The van der Waals surface area contributed by atoms with E-state index >= 15 is 0 Å². The largest absolute Gasteiger partial charge is 0.477 e. The maximum absolute atomic E-state index is 13.5. The summed E-state index contributed by atoms with van der Waals surface area (Å²) in [4.78, 5) is 11.4. The summed E-state index contributed by atoms with van der Waals surface area (Å²) < 4.78 is 32.1. The Labute approximate surface area is 112 Å². The Morgan fingerprint density at radius 3 is 2.78 bits per heavy atom. The molecular weight excluding hydrogens is 310 g/mol. The van der Waals surface area contributed by atoms with Gasteiger partial charge in [-0.25, -0.2) is 10.2 Å². The van der Waals surface area contributed by atoms with Crippen molar-refractivity contribution in [3.8, 4) is 5.75 Å². The lowest BCUT2D eigenvalue weighted by Gasteiger charge is -2.17. The first-order valence-corrected chi connectivity index (χ1v) is 6.10. The summed E-state index contributed by atoms with van der Waals surface area (Å²) >= 11 is 3.02. The molecule has 0 heterocycles. The third-order valence-electron chi connectivity index (χ3n) is 2.21. The first kappa shape index (κ1) is 14.8. The second-order valence-electron chi connectivity index (χ2n) is 3.60. The van der Waals surface area contributed by atoms with Crippen molar-refractivity contribution in [2.75, 3.05) is 0 Å². The minimum absolute atomic E-state index is 0.319. The van der Waals surface area contributed by atoms with Gasteiger partial charge in [-0.15, -0.1) is 0 Å². The molecule has 0 radical (unpaired) electrons. The molecule has 1 aromatic carbocycles. The molecule has 3 N–H and O–H groups in total. The van der Waals surface area contributed by atoms with Crippen molar-refractivity contribution in [3.05, 3.63) is 28.2 Å². The van der Waals surface area contributed by atoms with Crippen LogP contribution in [0.1, 0.15) is 19.8 Å². The lowest BCUT2D eigenvalue weighted by atomic mass is 10.2. The Balaban J connectivity index is 2.96. The summed E-state index contributed by atoms with van der Waals surface area (Å²) in [7, 11) is 0. The van der Waals surface area contributed by atoms with Crippen molar-refractivity contribution < 1.29 is 18.3 Å². The van der Waals surface area contributed by atoms with Gasteiger partial charge in [-0.05, 0) is 18.6 Å². The SMILES string of the molecule is CCCC(Oc1cc(Br)cc(F)c1F)C(=O)NN. The summed E-state index contributed by atoms with van der Waals surface area (Å²) in [6.45, 7) is 1.83. The van der Waals surface area contributed by atoms with Gasteiger partial charge in [0.05, 0.1) is 0 Å². The molecule has 18 heavy (non-hydrogen) atoms. The van der Waals surface area contributed by atoms with Gasteiger partial charge in [0, 0.05) is 4.47 Å². The first-order valence-electron chi connectivity index (χ1n) is 5.31. The van der Waals surface area contributed by atoms with E-state index in [1.807, 2.05) is 12.3 Å². The van der Waals surface area contributed by atoms with Crippen molar-refractivity contribution in [2.24, 2.45) is 5.84 Å². The van der Waals surface area contributed by atoms with E-state index in [2.05, 4.69) is 15.9 Å². The summed E-state index contributed by atoms with van der Waals surface area (Å²) in [6, 6.07) is 2.23. The fourth-order valence-electron chi connectivity index (χ4n) is 1.37. The Morgan fingerprint density at radius 2 is 2.22 bits per heavy atom. The molecule has 0 fully saturated rings. The van der Waals surface area contributed by atoms with Crippen LogP contribution < -0.4 is 16.0 Å². The monoisotopic (exact) mass is 322 g/mol. The zero-order valence-corrected chi connectivity index (χ0v) is 11.3. The van der Waals surface area contributed by atoms with E-state index in [9.17, 15) is 13.6 Å². The highest BCUT2D eigenvalue weighted by molar-refractivity contribution is 9.10. The maximum atomic E-state index is 13.5. The van der Waals surface area contributed by atoms with Crippen LogP contribution in [0.15, 0.2) is 16.6 Å². The van der Waals surface area contributed by atoms with Crippen molar-refractivity contribution >= 4 is 21.8 Å². The van der Waals surface area contributed by atoms with Gasteiger partial charge in [0.25, 0.3) is 5.91 Å². The highest BCUT2D eigenvalue weighted by Gasteiger charge is 2.21. The number of rotatable bonds is 5. The van der Waals surface area contributed by atoms with E-state index in [-0.39, 0.29) is 5.75 Å². The van der Waals surface area contributed by atoms with Crippen molar-refractivity contribution in [2.45, 2.75) is 25.9 Å². The van der Waals surface area contributed by atoms with Gasteiger partial charge < -0.3 is 4.74 Å². The van der Waals surface area contributed by atoms with Crippen LogP contribution in [0.4, 0.5) is 8.78 Å². The van der Waals surface area contributed by atoms with Gasteiger partial charge in [-0.3, -0.25) is 10.2 Å². The molecule has 100 valence electrons. The summed E-state index contributed by atoms with van der Waals surface area (Å²) in [5, 5.41) is 0. The molecule has 0 aliphatic heterocycles. The third-order valence-corrected chi connectivity index (χ3v) is 2.67. The number of halogens is 3. The average Bonchev–Trinajstić information content (AvgIpc) is 2.33. The van der Waals surface area contributed by atoms with Crippen LogP contribution in [0.3, 0.4) is 0 Å². The summed E-state index contributed by atoms with van der Waals surface area (Å²) in [5.41, 5.74) is 1.93. The number of carbonyl (C=O) groups excluding carboxylic acids is 1. The molecule has 0 saturated carbocycles. The fourth-order valence-corrected chi connectivity index (χ4v) is 1.78. The second-order valence-corrected chi connectivity index (χ2v) is 4.52. The standard InChI is InChI=1S/C11H13BrF2N2O2/c1-2-3-8(11(17)16-15)18-9-5-6(12)4-7(13)10(9)14/h4-5,8H,2-3,15H2,1H3,(H,16,17). The number of carbonyl (C=O) groups is 1. The minimum Gasteiger partial charge on any atom is -0.477 e. The number of hydrogen-bond donors (Lipinski definition) is 2. The van der Waals surface area contributed by atoms with Gasteiger partial charge in [0.15, 0.2) is 17.7 Å². The van der Waals surface area contributed by atoms with Crippen molar-refractivity contribution in [1.82, 2.24) is 5.43 Å². The maximum Gasteiger partial charge on any atom is 0.274 e. The number of ether oxygens (including phenoxy) is 1. The molecule has 1 atom stereocenters. The number of amides is 1. The van der Waals surface area contributed by atoms with Crippen molar-refractivity contribution in [3.63, 3.8) is 0 Å². The Morgan fingerprint density at radius 1 is 1.56 bits per heavy atom. The zero-order valence-electron chi connectivity index (χ0n) is 9.67. The van der Waals surface area contributed by atoms with Gasteiger partial charge in [-0.2, -0.15) is 4.39 Å². The van der Waals surface area contributed by atoms with Crippen LogP contribution >= 0.6 is 15.9 Å². The highest BCUT2D eigenvalue weighted by atomic mass is 79.9. The average molecular weight is 323 g/mol. The molecular formula is C11H13BrF2N2O2. The summed E-state index contributed by atoms with van der Waals surface area (Å²) in [6.07, 6.45) is 0.0236. The van der Waals surface area contributed by atoms with Crippen LogP contribution in [-0.4, -0.2) is 12.0 Å². The second kappa shape index (κ2) is 6.65. The quantitative estimate of drug-likeness (QED) is 0.378. The van der Waals surface area contributed by atoms with Crippen molar-refractivity contribution in [1.29, 1.82) is 0 Å². The molecule has 0 aliphatic rings. The Kier molecular flexibility index (Phi) is 5.49. The topological polar surface area (TPSA) is 64.3 Å². The molecule has 1 unspecified atom stereocenters. The van der Waals surface area contributed by atoms with E-state index < -0.39 is 23.6 Å². The van der Waals surface area contributed by atoms with Crippen LogP contribution in [0.5, 0.6) is 5.75 Å². The lowest BCUT2D eigenvalue weighted by Crippen LogP contribution is -2.42. The molecule has 0 bridgehead atoms. The Hall–Kier alpha value is -1.21. The zero-order chi connectivity index (χ0) is 13.7. The van der Waals surface area contributed by atoms with Crippen LogP contribution in [-0.2, 0) is 4.79 Å². The normalized spacial score (nSPS) is 12.1. The minimum atomic E-state index is -1.14. The van der Waals surface area contributed by atoms with Crippen LogP contribution in [0.2, 0.25) is 0 Å². The molecule has 0 saturated heterocycles. The van der Waals surface area contributed by atoms with E-state index in [0.29, 0.717) is 17.3 Å². The van der Waals surface area contributed by atoms with E-state index in [1.165, 1.54) is 6.07 Å². The number of nitrogens with two attached hydrogens (primary N) is 1. The number of hydrogen-bond acceptors (Lipinski definition) is 3. The number of nitrogens with one attached hydrogen (secondary N) is 1. The molecule has 0 aromatic heterocycles. The van der Waals surface area contributed by atoms with Crippen LogP contribution in [0, 0.1) is 11.6 Å². The lowest BCUT2D eigenvalue weighted by molar-refractivity contribution is -0.128. The smallest absolute Gasteiger partial charge is 0.274 e. The number of benzene rings is 1. The molecule has 1 amide bonds. The van der Waals surface area contributed by atoms with E-state index in [1.54, 1.807) is 0 Å². The molecule has 4 nitrogen and oxygen atoms in total. The van der Waals surface area contributed by atoms with Gasteiger partial charge in [0.1, 0.15) is 0 Å². The van der Waals surface area contributed by atoms with Gasteiger partial charge in [0.2, 0.25) is 5.82 Å². The first-order chi connectivity index (χ1) is 8.49. The Bertz CT molecular complexity index is 443. The number of hydrazine groups is 1. The molecule has 0 spiro atoms. The highest BCUT2D eigenvalue weighted by Crippen LogP contribution is 2.26. The van der Waals surface area contributed by atoms with Gasteiger partial charge in [-0.1, -0.05) is 29.3 Å². The molecule has 1 aromatic rings. The van der Waals surface area contributed by atoms with E-state index in [0.717, 1.165) is 6.07 Å². The van der Waals surface area contributed by atoms with Crippen LogP contribution in [0.25, 0.3) is 0 Å². The van der Waals surface area contributed by atoms with E-state index in [4.69, 9.17) is 10.6 Å². The van der Waals surface area contributed by atoms with Gasteiger partial charge >= 0.3 is 0 Å². The predicted molar refractivity (Wildman–Crippen MR) is 65.7 cm³/mol.